The molecule has 1 aliphatic rings. The third kappa shape index (κ3) is 2.78. The minimum absolute atomic E-state index is 0.247. The van der Waals surface area contributed by atoms with Crippen LogP contribution >= 0.6 is 0 Å². The van der Waals surface area contributed by atoms with Gasteiger partial charge >= 0.3 is 0 Å². The molecule has 1 aromatic heterocycles. The van der Waals surface area contributed by atoms with Crippen LogP contribution in [-0.2, 0) is 11.3 Å². The van der Waals surface area contributed by atoms with E-state index in [0.717, 1.165) is 31.9 Å². The molecular formula is C11H19N3O. The van der Waals surface area contributed by atoms with Crippen LogP contribution in [0, 0.1) is 5.41 Å². The van der Waals surface area contributed by atoms with Gasteiger partial charge in [0.15, 0.2) is 0 Å². The van der Waals surface area contributed by atoms with Crippen molar-refractivity contribution < 1.29 is 4.74 Å². The topological polar surface area (TPSA) is 39.9 Å². The van der Waals surface area contributed by atoms with Crippen molar-refractivity contribution >= 4 is 0 Å². The van der Waals surface area contributed by atoms with Crippen LogP contribution in [0.5, 0.6) is 0 Å². The van der Waals surface area contributed by atoms with Gasteiger partial charge in [0.25, 0.3) is 0 Å². The maximum absolute atomic E-state index is 5.34. The van der Waals surface area contributed by atoms with Crippen molar-refractivity contribution in [1.82, 2.24) is 15.0 Å². The summed E-state index contributed by atoms with van der Waals surface area (Å²) in [6.07, 6.45) is 3.14. The molecule has 1 saturated heterocycles. The summed E-state index contributed by atoms with van der Waals surface area (Å²) < 4.78 is 7.28. The molecule has 0 spiro atoms. The molecule has 0 saturated carbocycles. The van der Waals surface area contributed by atoms with E-state index in [1.165, 1.54) is 0 Å². The van der Waals surface area contributed by atoms with Gasteiger partial charge in [0, 0.05) is 25.3 Å². The molecule has 0 N–H and O–H groups in total. The van der Waals surface area contributed by atoms with E-state index in [-0.39, 0.29) is 5.41 Å². The van der Waals surface area contributed by atoms with E-state index in [1.807, 2.05) is 4.68 Å². The van der Waals surface area contributed by atoms with E-state index >= 15 is 0 Å². The summed E-state index contributed by atoms with van der Waals surface area (Å²) in [7, 11) is 0. The average molecular weight is 209 g/mol. The number of ether oxygens (including phenoxy) is 1. The lowest BCUT2D eigenvalue weighted by Crippen LogP contribution is -2.15. The predicted molar refractivity (Wildman–Crippen MR) is 57.7 cm³/mol. The van der Waals surface area contributed by atoms with Crippen molar-refractivity contribution in [3.8, 4) is 0 Å². The second-order valence-electron chi connectivity index (χ2n) is 5.46. The van der Waals surface area contributed by atoms with Crippen LogP contribution in [0.15, 0.2) is 6.20 Å². The highest BCUT2D eigenvalue weighted by molar-refractivity contribution is 5.03. The number of hydrogen-bond donors (Lipinski definition) is 0. The molecule has 1 fully saturated rings. The molecule has 1 atom stereocenters. The molecule has 84 valence electrons. The fourth-order valence-electron chi connectivity index (χ4n) is 1.83. The zero-order chi connectivity index (χ0) is 10.9. The van der Waals surface area contributed by atoms with Crippen molar-refractivity contribution in [2.45, 2.75) is 39.7 Å². The third-order valence-corrected chi connectivity index (χ3v) is 2.54. The first-order valence-electron chi connectivity index (χ1n) is 5.52. The molecule has 2 rings (SSSR count). The molecule has 2 heterocycles. The smallest absolute Gasteiger partial charge is 0.0881 e. The Morgan fingerprint density at radius 1 is 1.53 bits per heavy atom. The largest absolute Gasteiger partial charge is 0.381 e. The van der Waals surface area contributed by atoms with E-state index in [1.54, 1.807) is 0 Å². The summed E-state index contributed by atoms with van der Waals surface area (Å²) in [4.78, 5) is 0. The van der Waals surface area contributed by atoms with Gasteiger partial charge in [-0.15, -0.1) is 5.10 Å². The van der Waals surface area contributed by atoms with Gasteiger partial charge in [0.2, 0.25) is 0 Å². The van der Waals surface area contributed by atoms with Crippen LogP contribution in [0.1, 0.15) is 38.8 Å². The van der Waals surface area contributed by atoms with Gasteiger partial charge in [0.05, 0.1) is 12.3 Å². The SMILES string of the molecule is CC(C)(C)Cn1cc(C2CCOC2)nn1. The van der Waals surface area contributed by atoms with Crippen LogP contribution in [-0.4, -0.2) is 28.2 Å². The highest BCUT2D eigenvalue weighted by Gasteiger charge is 2.21. The van der Waals surface area contributed by atoms with Gasteiger partial charge in [-0.05, 0) is 11.8 Å². The third-order valence-electron chi connectivity index (χ3n) is 2.54. The number of hydrogen-bond acceptors (Lipinski definition) is 3. The van der Waals surface area contributed by atoms with Crippen molar-refractivity contribution in [2.75, 3.05) is 13.2 Å². The molecule has 1 aliphatic heterocycles. The summed E-state index contributed by atoms with van der Waals surface area (Å²) in [5.41, 5.74) is 1.33. The number of aromatic nitrogens is 3. The van der Waals surface area contributed by atoms with Crippen LogP contribution in [0.25, 0.3) is 0 Å². The maximum atomic E-state index is 5.34. The van der Waals surface area contributed by atoms with Gasteiger partial charge < -0.3 is 4.74 Å². The monoisotopic (exact) mass is 209 g/mol. The normalized spacial score (nSPS) is 22.2. The predicted octanol–water partition coefficient (Wildman–Crippen LogP) is 1.83. The summed E-state index contributed by atoms with van der Waals surface area (Å²) in [6, 6.07) is 0. The average Bonchev–Trinajstić information content (AvgIpc) is 2.68. The Kier molecular flexibility index (Phi) is 2.78. The molecule has 0 radical (unpaired) electrons. The van der Waals surface area contributed by atoms with Gasteiger partial charge in [0.1, 0.15) is 0 Å². The van der Waals surface area contributed by atoms with Gasteiger partial charge in [-0.3, -0.25) is 4.68 Å². The number of nitrogens with zero attached hydrogens (tertiary/aromatic N) is 3. The molecule has 4 nitrogen and oxygen atoms in total. The fourth-order valence-corrected chi connectivity index (χ4v) is 1.83. The highest BCUT2D eigenvalue weighted by Crippen LogP contribution is 2.23. The number of rotatable bonds is 2. The summed E-state index contributed by atoms with van der Waals surface area (Å²) >= 11 is 0. The first-order chi connectivity index (χ1) is 7.04. The zero-order valence-corrected chi connectivity index (χ0v) is 9.73. The second-order valence-corrected chi connectivity index (χ2v) is 5.46. The Hall–Kier alpha value is -0.900. The molecule has 4 heteroatoms. The summed E-state index contributed by atoms with van der Waals surface area (Å²) in [5.74, 6) is 0.457. The Labute approximate surface area is 90.6 Å². The summed E-state index contributed by atoms with van der Waals surface area (Å²) in [6.45, 7) is 9.17. The standard InChI is InChI=1S/C11H19N3O/c1-11(2,3)8-14-6-10(12-13-14)9-4-5-15-7-9/h6,9H,4-5,7-8H2,1-3H3. The molecule has 0 aliphatic carbocycles. The minimum atomic E-state index is 0.247. The van der Waals surface area contributed by atoms with E-state index < -0.39 is 0 Å². The van der Waals surface area contributed by atoms with Crippen molar-refractivity contribution in [2.24, 2.45) is 5.41 Å². The molecule has 0 aromatic carbocycles. The first kappa shape index (κ1) is 10.6. The van der Waals surface area contributed by atoms with Crippen LogP contribution in [0.3, 0.4) is 0 Å². The quantitative estimate of drug-likeness (QED) is 0.746. The fraction of sp³-hybridized carbons (Fsp3) is 0.818. The maximum Gasteiger partial charge on any atom is 0.0881 e. The first-order valence-corrected chi connectivity index (χ1v) is 5.52. The second kappa shape index (κ2) is 3.93. The Morgan fingerprint density at radius 2 is 2.33 bits per heavy atom. The molecular weight excluding hydrogens is 190 g/mol. The molecule has 1 unspecified atom stereocenters. The minimum Gasteiger partial charge on any atom is -0.381 e. The van der Waals surface area contributed by atoms with Crippen LogP contribution in [0.2, 0.25) is 0 Å². The van der Waals surface area contributed by atoms with Gasteiger partial charge in [-0.2, -0.15) is 0 Å². The van der Waals surface area contributed by atoms with Gasteiger partial charge in [-0.25, -0.2) is 0 Å². The lowest BCUT2D eigenvalue weighted by Gasteiger charge is -2.16. The van der Waals surface area contributed by atoms with E-state index in [9.17, 15) is 0 Å². The van der Waals surface area contributed by atoms with Gasteiger partial charge in [-0.1, -0.05) is 26.0 Å². The molecule has 0 amide bonds. The Balaban J connectivity index is 2.03. The van der Waals surface area contributed by atoms with E-state index in [4.69, 9.17) is 4.74 Å². The molecule has 1 aromatic rings. The van der Waals surface area contributed by atoms with Crippen LogP contribution < -0.4 is 0 Å². The van der Waals surface area contributed by atoms with Crippen molar-refractivity contribution in [1.29, 1.82) is 0 Å². The summed E-state index contributed by atoms with van der Waals surface area (Å²) in [5, 5.41) is 8.37. The van der Waals surface area contributed by atoms with Crippen molar-refractivity contribution in [3.63, 3.8) is 0 Å². The van der Waals surface area contributed by atoms with E-state index in [2.05, 4.69) is 37.3 Å². The Morgan fingerprint density at radius 3 is 2.93 bits per heavy atom. The lowest BCUT2D eigenvalue weighted by atomic mass is 9.97. The Bertz CT molecular complexity index is 321. The zero-order valence-electron chi connectivity index (χ0n) is 9.73. The van der Waals surface area contributed by atoms with Crippen LogP contribution in [0.4, 0.5) is 0 Å². The molecule has 15 heavy (non-hydrogen) atoms. The van der Waals surface area contributed by atoms with E-state index in [0.29, 0.717) is 5.92 Å². The highest BCUT2D eigenvalue weighted by atomic mass is 16.5. The lowest BCUT2D eigenvalue weighted by molar-refractivity contribution is 0.193. The van der Waals surface area contributed by atoms with Crippen molar-refractivity contribution in [3.05, 3.63) is 11.9 Å². The molecule has 0 bridgehead atoms.